The molecule has 0 spiro atoms. The molecule has 25 heavy (non-hydrogen) atoms. The summed E-state index contributed by atoms with van der Waals surface area (Å²) >= 11 is 0. The molecule has 6 nitrogen and oxygen atoms in total. The molecule has 0 bridgehead atoms. The molecule has 0 radical (unpaired) electrons. The Kier molecular flexibility index (Phi) is 8.46. The van der Waals surface area contributed by atoms with Crippen molar-refractivity contribution in [2.45, 2.75) is 31.7 Å². The van der Waals surface area contributed by atoms with E-state index in [9.17, 15) is 13.2 Å². The molecule has 0 aliphatic carbocycles. The van der Waals surface area contributed by atoms with Crippen molar-refractivity contribution in [2.75, 3.05) is 26.0 Å². The lowest BCUT2D eigenvalue weighted by atomic mass is 10.1. The highest BCUT2D eigenvalue weighted by molar-refractivity contribution is 7.91. The van der Waals surface area contributed by atoms with Crippen molar-refractivity contribution in [3.05, 3.63) is 24.3 Å². The SMILES string of the molecule is CC#CCOc1ccc(S(=O)(=O)CCNC(C(=O)OC)C(C)C)cc1. The smallest absolute Gasteiger partial charge is 0.323 e. The summed E-state index contributed by atoms with van der Waals surface area (Å²) < 4.78 is 34.8. The van der Waals surface area contributed by atoms with Crippen LogP contribution in [0, 0.1) is 17.8 Å². The van der Waals surface area contributed by atoms with E-state index in [-0.39, 0.29) is 29.7 Å². The molecule has 7 heteroatoms. The lowest BCUT2D eigenvalue weighted by molar-refractivity contribution is -0.144. The van der Waals surface area contributed by atoms with Crippen molar-refractivity contribution in [3.63, 3.8) is 0 Å². The highest BCUT2D eigenvalue weighted by Gasteiger charge is 2.23. The minimum absolute atomic E-state index is 0.00203. The average Bonchev–Trinajstić information content (AvgIpc) is 2.58. The van der Waals surface area contributed by atoms with Gasteiger partial charge >= 0.3 is 5.97 Å². The van der Waals surface area contributed by atoms with Crippen LogP contribution < -0.4 is 10.1 Å². The fourth-order valence-corrected chi connectivity index (χ4v) is 3.29. The standard InChI is InChI=1S/C18H25NO5S/c1-5-6-12-24-15-7-9-16(10-8-15)25(21,22)13-11-19-17(14(2)3)18(20)23-4/h7-10,14,17,19H,11-13H2,1-4H3. The van der Waals surface area contributed by atoms with Gasteiger partial charge in [0, 0.05) is 6.54 Å². The number of hydrogen-bond donors (Lipinski definition) is 1. The first-order valence-electron chi connectivity index (χ1n) is 7.98. The second-order valence-corrected chi connectivity index (χ2v) is 7.81. The van der Waals surface area contributed by atoms with Gasteiger partial charge in [0.1, 0.15) is 18.4 Å². The first-order chi connectivity index (χ1) is 11.8. The van der Waals surface area contributed by atoms with Crippen LogP contribution in [0.3, 0.4) is 0 Å². The quantitative estimate of drug-likeness (QED) is 0.528. The van der Waals surface area contributed by atoms with Gasteiger partial charge in [-0.15, -0.1) is 5.92 Å². The Morgan fingerprint density at radius 3 is 2.40 bits per heavy atom. The summed E-state index contributed by atoms with van der Waals surface area (Å²) in [5.74, 6) is 5.52. The van der Waals surface area contributed by atoms with E-state index in [2.05, 4.69) is 17.2 Å². The van der Waals surface area contributed by atoms with Gasteiger partial charge in [0.15, 0.2) is 9.84 Å². The van der Waals surface area contributed by atoms with Crippen LogP contribution in [-0.2, 0) is 19.4 Å². The van der Waals surface area contributed by atoms with Crippen molar-refractivity contribution in [1.29, 1.82) is 0 Å². The largest absolute Gasteiger partial charge is 0.481 e. The molecule has 1 aromatic rings. The zero-order valence-corrected chi connectivity index (χ0v) is 15.9. The first kappa shape index (κ1) is 21.0. The predicted octanol–water partition coefficient (Wildman–Crippen LogP) is 1.65. The average molecular weight is 367 g/mol. The number of carbonyl (C=O) groups excluding carboxylic acids is 1. The number of ether oxygens (including phenoxy) is 2. The van der Waals surface area contributed by atoms with Crippen LogP contribution >= 0.6 is 0 Å². The molecule has 1 atom stereocenters. The second-order valence-electron chi connectivity index (χ2n) is 5.70. The van der Waals surface area contributed by atoms with Gasteiger partial charge in [0.25, 0.3) is 0 Å². The maximum atomic E-state index is 12.4. The van der Waals surface area contributed by atoms with Gasteiger partial charge < -0.3 is 14.8 Å². The molecule has 0 fully saturated rings. The van der Waals surface area contributed by atoms with E-state index >= 15 is 0 Å². The van der Waals surface area contributed by atoms with Gasteiger partial charge in [0.05, 0.1) is 17.8 Å². The van der Waals surface area contributed by atoms with E-state index in [1.54, 1.807) is 19.1 Å². The molecule has 0 saturated heterocycles. The van der Waals surface area contributed by atoms with Crippen molar-refractivity contribution in [3.8, 4) is 17.6 Å². The van der Waals surface area contributed by atoms with E-state index in [1.807, 2.05) is 13.8 Å². The lowest BCUT2D eigenvalue weighted by Gasteiger charge is -2.19. The van der Waals surface area contributed by atoms with E-state index in [0.29, 0.717) is 5.75 Å². The van der Waals surface area contributed by atoms with Gasteiger partial charge in [-0.1, -0.05) is 19.8 Å². The Labute approximate surface area is 149 Å². The highest BCUT2D eigenvalue weighted by atomic mass is 32.2. The number of methoxy groups -OCH3 is 1. The molecule has 0 aliphatic heterocycles. The van der Waals surface area contributed by atoms with E-state index in [1.165, 1.54) is 19.2 Å². The lowest BCUT2D eigenvalue weighted by Crippen LogP contribution is -2.43. The van der Waals surface area contributed by atoms with Crippen molar-refractivity contribution < 1.29 is 22.7 Å². The van der Waals surface area contributed by atoms with Crippen LogP contribution in [0.1, 0.15) is 20.8 Å². The van der Waals surface area contributed by atoms with Crippen LogP contribution in [0.2, 0.25) is 0 Å². The molecule has 0 aliphatic rings. The summed E-state index contributed by atoms with van der Waals surface area (Å²) in [5.41, 5.74) is 0. The number of esters is 1. The van der Waals surface area contributed by atoms with Crippen LogP contribution in [-0.4, -0.2) is 46.4 Å². The Morgan fingerprint density at radius 1 is 1.24 bits per heavy atom. The molecule has 0 aromatic heterocycles. The number of benzene rings is 1. The minimum atomic E-state index is -3.45. The fourth-order valence-electron chi connectivity index (χ4n) is 2.12. The highest BCUT2D eigenvalue weighted by Crippen LogP contribution is 2.17. The molecular formula is C18H25NO5S. The Morgan fingerprint density at radius 2 is 1.88 bits per heavy atom. The summed E-state index contributed by atoms with van der Waals surface area (Å²) in [5, 5.41) is 2.95. The maximum absolute atomic E-state index is 12.4. The van der Waals surface area contributed by atoms with E-state index < -0.39 is 21.8 Å². The van der Waals surface area contributed by atoms with Gasteiger partial charge in [0.2, 0.25) is 0 Å². The fraction of sp³-hybridized carbons (Fsp3) is 0.500. The van der Waals surface area contributed by atoms with E-state index in [0.717, 1.165) is 0 Å². The molecule has 1 aromatic carbocycles. The van der Waals surface area contributed by atoms with Gasteiger partial charge in [-0.2, -0.15) is 0 Å². The van der Waals surface area contributed by atoms with Crippen molar-refractivity contribution in [1.82, 2.24) is 5.32 Å². The molecule has 1 N–H and O–H groups in total. The van der Waals surface area contributed by atoms with Crippen molar-refractivity contribution >= 4 is 15.8 Å². The maximum Gasteiger partial charge on any atom is 0.323 e. The van der Waals surface area contributed by atoms with Gasteiger partial charge in [-0.3, -0.25) is 4.79 Å². The molecule has 1 rings (SSSR count). The third-order valence-electron chi connectivity index (χ3n) is 3.53. The number of nitrogens with one attached hydrogen (secondary N) is 1. The number of carbonyl (C=O) groups is 1. The molecule has 0 heterocycles. The minimum Gasteiger partial charge on any atom is -0.481 e. The molecule has 0 amide bonds. The molecular weight excluding hydrogens is 342 g/mol. The summed E-state index contributed by atoms with van der Waals surface area (Å²) in [6, 6.07) is 5.68. The Hall–Kier alpha value is -2.04. The first-order valence-corrected chi connectivity index (χ1v) is 9.63. The van der Waals surface area contributed by atoms with Crippen LogP contribution in [0.25, 0.3) is 0 Å². The van der Waals surface area contributed by atoms with Crippen LogP contribution in [0.15, 0.2) is 29.2 Å². The third-order valence-corrected chi connectivity index (χ3v) is 5.26. The summed E-state index contributed by atoms with van der Waals surface area (Å²) in [6.45, 7) is 5.87. The van der Waals surface area contributed by atoms with E-state index in [4.69, 9.17) is 9.47 Å². The monoisotopic (exact) mass is 367 g/mol. The van der Waals surface area contributed by atoms with Crippen molar-refractivity contribution in [2.24, 2.45) is 5.92 Å². The number of rotatable bonds is 9. The molecule has 1 unspecified atom stereocenters. The van der Waals surface area contributed by atoms with Gasteiger partial charge in [-0.05, 0) is 37.1 Å². The zero-order valence-electron chi connectivity index (χ0n) is 15.0. The van der Waals surface area contributed by atoms with Crippen LogP contribution in [0.4, 0.5) is 0 Å². The number of sulfone groups is 1. The summed E-state index contributed by atoms with van der Waals surface area (Å²) in [7, 11) is -2.14. The summed E-state index contributed by atoms with van der Waals surface area (Å²) in [4.78, 5) is 11.9. The second kappa shape index (κ2) is 10.1. The predicted molar refractivity (Wildman–Crippen MR) is 96.1 cm³/mol. The molecule has 0 saturated carbocycles. The number of hydrogen-bond acceptors (Lipinski definition) is 6. The molecule has 138 valence electrons. The zero-order chi connectivity index (χ0) is 18.9. The van der Waals surface area contributed by atoms with Crippen LogP contribution in [0.5, 0.6) is 5.75 Å². The topological polar surface area (TPSA) is 81.7 Å². The Balaban J connectivity index is 2.65. The summed E-state index contributed by atoms with van der Waals surface area (Å²) in [6.07, 6.45) is 0. The normalized spacial score (nSPS) is 12.2. The third kappa shape index (κ3) is 6.77. The van der Waals surface area contributed by atoms with Gasteiger partial charge in [-0.25, -0.2) is 8.42 Å². The Bertz CT molecular complexity index is 714.